The van der Waals surface area contributed by atoms with Crippen LogP contribution in [-0.2, 0) is 15.8 Å². The first-order chi connectivity index (χ1) is 13.1. The Balaban J connectivity index is 1.85. The number of anilines is 2. The summed E-state index contributed by atoms with van der Waals surface area (Å²) >= 11 is 5.93. The minimum absolute atomic E-state index is 0.152. The van der Waals surface area contributed by atoms with Crippen LogP contribution in [0.4, 0.5) is 24.5 Å². The Kier molecular flexibility index (Phi) is 5.03. The molecule has 6 nitrogen and oxygen atoms in total. The topological polar surface area (TPSA) is 92.5 Å². The number of amides is 3. The van der Waals surface area contributed by atoms with E-state index in [1.165, 1.54) is 24.3 Å². The largest absolute Gasteiger partial charge is 0.416 e. The molecule has 1 aliphatic rings. The predicted octanol–water partition coefficient (Wildman–Crippen LogP) is 3.20. The molecule has 0 aromatic heterocycles. The van der Waals surface area contributed by atoms with Gasteiger partial charge in [-0.1, -0.05) is 11.6 Å². The molecule has 1 fully saturated rings. The van der Waals surface area contributed by atoms with Crippen LogP contribution in [0.25, 0.3) is 0 Å². The molecule has 1 aliphatic heterocycles. The summed E-state index contributed by atoms with van der Waals surface area (Å²) in [4.78, 5) is 36.7. The van der Waals surface area contributed by atoms with Gasteiger partial charge in [-0.3, -0.25) is 14.4 Å². The Morgan fingerprint density at radius 2 is 1.79 bits per heavy atom. The molecule has 1 unspecified atom stereocenters. The minimum atomic E-state index is -4.65. The highest BCUT2D eigenvalue weighted by Gasteiger charge is 2.41. The lowest BCUT2D eigenvalue weighted by Crippen LogP contribution is -2.35. The molecular weight excluding hydrogens is 399 g/mol. The lowest BCUT2D eigenvalue weighted by molar-refractivity contribution is -0.137. The normalized spacial score (nSPS) is 17.1. The fraction of sp³-hybridized carbons (Fsp3) is 0.167. The van der Waals surface area contributed by atoms with Crippen molar-refractivity contribution in [3.8, 4) is 0 Å². The maximum atomic E-state index is 13.0. The number of carbonyl (C=O) groups excluding carboxylic acids is 3. The van der Waals surface area contributed by atoms with E-state index in [9.17, 15) is 27.6 Å². The van der Waals surface area contributed by atoms with Crippen LogP contribution in [0.2, 0.25) is 5.02 Å². The fourth-order valence-electron chi connectivity index (χ4n) is 2.79. The van der Waals surface area contributed by atoms with Crippen LogP contribution >= 0.6 is 11.6 Å². The van der Waals surface area contributed by atoms with Gasteiger partial charge in [-0.2, -0.15) is 13.2 Å². The van der Waals surface area contributed by atoms with Crippen molar-refractivity contribution in [2.24, 2.45) is 5.73 Å². The zero-order valence-electron chi connectivity index (χ0n) is 14.1. The van der Waals surface area contributed by atoms with Crippen LogP contribution in [0.1, 0.15) is 22.3 Å². The summed E-state index contributed by atoms with van der Waals surface area (Å²) in [5.74, 6) is -2.04. The van der Waals surface area contributed by atoms with E-state index < -0.39 is 35.5 Å². The highest BCUT2D eigenvalue weighted by molar-refractivity contribution is 6.36. The highest BCUT2D eigenvalue weighted by Crippen LogP contribution is 2.37. The van der Waals surface area contributed by atoms with Gasteiger partial charge >= 0.3 is 6.18 Å². The monoisotopic (exact) mass is 411 g/mol. The molecule has 2 aromatic rings. The molecule has 1 atom stereocenters. The van der Waals surface area contributed by atoms with Crippen molar-refractivity contribution in [2.75, 3.05) is 10.2 Å². The number of benzene rings is 2. The quantitative estimate of drug-likeness (QED) is 0.756. The molecule has 0 radical (unpaired) electrons. The summed E-state index contributed by atoms with van der Waals surface area (Å²) < 4.78 is 38.9. The van der Waals surface area contributed by atoms with Gasteiger partial charge < -0.3 is 11.1 Å². The molecule has 3 N–H and O–H groups in total. The summed E-state index contributed by atoms with van der Waals surface area (Å²) in [5.41, 5.74) is 4.51. The molecule has 0 aliphatic carbocycles. The van der Waals surface area contributed by atoms with Crippen molar-refractivity contribution in [3.05, 3.63) is 58.6 Å². The number of rotatable bonds is 4. The molecule has 28 heavy (non-hydrogen) atoms. The third-order valence-electron chi connectivity index (χ3n) is 4.17. The van der Waals surface area contributed by atoms with Gasteiger partial charge in [0.15, 0.2) is 0 Å². The van der Waals surface area contributed by atoms with Gasteiger partial charge in [0.25, 0.3) is 5.91 Å². The van der Waals surface area contributed by atoms with Gasteiger partial charge in [0.2, 0.25) is 11.8 Å². The summed E-state index contributed by atoms with van der Waals surface area (Å²) in [7, 11) is 0. The van der Waals surface area contributed by atoms with Gasteiger partial charge in [0.1, 0.15) is 6.04 Å². The highest BCUT2D eigenvalue weighted by atomic mass is 35.5. The van der Waals surface area contributed by atoms with Crippen molar-refractivity contribution in [1.82, 2.24) is 0 Å². The maximum absolute atomic E-state index is 13.0. The van der Waals surface area contributed by atoms with E-state index in [1.54, 1.807) is 0 Å². The molecule has 2 aromatic carbocycles. The molecule has 10 heteroatoms. The molecule has 3 amide bonds. The first kappa shape index (κ1) is 19.7. The van der Waals surface area contributed by atoms with E-state index in [1.807, 2.05) is 0 Å². The zero-order valence-corrected chi connectivity index (χ0v) is 14.8. The van der Waals surface area contributed by atoms with E-state index in [2.05, 4.69) is 5.32 Å². The van der Waals surface area contributed by atoms with Crippen LogP contribution < -0.4 is 16.0 Å². The first-order valence-electron chi connectivity index (χ1n) is 7.98. The fourth-order valence-corrected chi connectivity index (χ4v) is 2.99. The van der Waals surface area contributed by atoms with E-state index >= 15 is 0 Å². The molecule has 146 valence electrons. The van der Waals surface area contributed by atoms with Crippen LogP contribution in [0.5, 0.6) is 0 Å². The molecule has 3 rings (SSSR count). The number of nitrogens with zero attached hydrogens (tertiary/aromatic N) is 1. The second-order valence-electron chi connectivity index (χ2n) is 6.07. The molecule has 0 bridgehead atoms. The summed E-state index contributed by atoms with van der Waals surface area (Å²) in [6.07, 6.45) is -4.91. The maximum Gasteiger partial charge on any atom is 0.416 e. The number of nitrogens with one attached hydrogen (secondary N) is 1. The summed E-state index contributed by atoms with van der Waals surface area (Å²) in [6.45, 7) is 0. The predicted molar refractivity (Wildman–Crippen MR) is 95.9 cm³/mol. The Bertz CT molecular complexity index is 961. The smallest absolute Gasteiger partial charge is 0.373 e. The first-order valence-corrected chi connectivity index (χ1v) is 8.35. The number of imide groups is 1. The van der Waals surface area contributed by atoms with Crippen molar-refractivity contribution in [2.45, 2.75) is 18.6 Å². The lowest BCUT2D eigenvalue weighted by Gasteiger charge is -2.19. The van der Waals surface area contributed by atoms with E-state index in [4.69, 9.17) is 17.3 Å². The SMILES string of the molecule is NC(=O)c1ccc(NC2CC(=O)N(c3cc(C(F)(F)F)ccc3Cl)C2=O)cc1. The summed E-state index contributed by atoms with van der Waals surface area (Å²) in [6, 6.07) is 7.31. The molecule has 1 heterocycles. The molecule has 0 saturated carbocycles. The van der Waals surface area contributed by atoms with Crippen molar-refractivity contribution < 1.29 is 27.6 Å². The average Bonchev–Trinajstić information content (AvgIpc) is 2.88. The van der Waals surface area contributed by atoms with E-state index in [-0.39, 0.29) is 22.7 Å². The number of carbonyl (C=O) groups is 3. The van der Waals surface area contributed by atoms with E-state index in [0.717, 1.165) is 12.1 Å². The Labute approximate surface area is 162 Å². The van der Waals surface area contributed by atoms with Crippen LogP contribution in [0, 0.1) is 0 Å². The van der Waals surface area contributed by atoms with Gasteiger partial charge in [-0.25, -0.2) is 4.90 Å². The molecular formula is C18H13ClF3N3O3. The van der Waals surface area contributed by atoms with Gasteiger partial charge in [-0.05, 0) is 42.5 Å². The molecule has 0 spiro atoms. The minimum Gasteiger partial charge on any atom is -0.373 e. The number of halogens is 4. The third kappa shape index (κ3) is 3.79. The average molecular weight is 412 g/mol. The van der Waals surface area contributed by atoms with Crippen molar-refractivity contribution in [1.29, 1.82) is 0 Å². The lowest BCUT2D eigenvalue weighted by atomic mass is 10.1. The van der Waals surface area contributed by atoms with Gasteiger partial charge in [0, 0.05) is 11.3 Å². The second-order valence-corrected chi connectivity index (χ2v) is 6.48. The molecule has 1 saturated heterocycles. The zero-order chi connectivity index (χ0) is 20.6. The van der Waals surface area contributed by atoms with Crippen LogP contribution in [0.15, 0.2) is 42.5 Å². The number of nitrogens with two attached hydrogens (primary N) is 1. The van der Waals surface area contributed by atoms with Gasteiger partial charge in [0.05, 0.1) is 22.7 Å². The second kappa shape index (κ2) is 7.16. The van der Waals surface area contributed by atoms with Crippen molar-refractivity contribution in [3.63, 3.8) is 0 Å². The number of alkyl halides is 3. The van der Waals surface area contributed by atoms with Crippen molar-refractivity contribution >= 4 is 40.7 Å². The Hall–Kier alpha value is -3.07. The van der Waals surface area contributed by atoms with Crippen LogP contribution in [-0.4, -0.2) is 23.8 Å². The van der Waals surface area contributed by atoms with Gasteiger partial charge in [-0.15, -0.1) is 0 Å². The standard InChI is InChI=1S/C18H13ClF3N3O3/c19-12-6-3-10(18(20,21)22)7-14(12)25-15(26)8-13(17(25)28)24-11-4-1-9(2-5-11)16(23)27/h1-7,13,24H,8H2,(H2,23,27). The summed E-state index contributed by atoms with van der Waals surface area (Å²) in [5, 5.41) is 2.67. The Morgan fingerprint density at radius 3 is 2.36 bits per heavy atom. The van der Waals surface area contributed by atoms with E-state index in [0.29, 0.717) is 16.7 Å². The van der Waals surface area contributed by atoms with Crippen LogP contribution in [0.3, 0.4) is 0 Å². The number of primary amides is 1. The third-order valence-corrected chi connectivity index (χ3v) is 4.49. The Morgan fingerprint density at radius 1 is 1.14 bits per heavy atom. The number of hydrogen-bond donors (Lipinski definition) is 2. The number of hydrogen-bond acceptors (Lipinski definition) is 4.